The molecule has 1 N–H and O–H groups in total. The van der Waals surface area contributed by atoms with Crippen molar-refractivity contribution in [1.82, 2.24) is 19.7 Å². The van der Waals surface area contributed by atoms with E-state index in [0.29, 0.717) is 17.0 Å². The number of amides is 1. The third kappa shape index (κ3) is 4.00. The fourth-order valence-electron chi connectivity index (χ4n) is 2.99. The van der Waals surface area contributed by atoms with Gasteiger partial charge in [-0.05, 0) is 54.8 Å². The summed E-state index contributed by atoms with van der Waals surface area (Å²) in [5.41, 5.74) is -1.19. The number of benzene rings is 2. The summed E-state index contributed by atoms with van der Waals surface area (Å²) < 4.78 is 20.6. The van der Waals surface area contributed by atoms with Crippen LogP contribution in [-0.2, 0) is 6.54 Å². The van der Waals surface area contributed by atoms with Gasteiger partial charge in [-0.1, -0.05) is 12.1 Å². The highest BCUT2D eigenvalue weighted by Gasteiger charge is 2.27. The van der Waals surface area contributed by atoms with Gasteiger partial charge in [-0.3, -0.25) is 14.2 Å². The van der Waals surface area contributed by atoms with Gasteiger partial charge < -0.3 is 10.1 Å². The van der Waals surface area contributed by atoms with E-state index in [2.05, 4.69) is 10.4 Å². The Morgan fingerprint density at radius 3 is 2.57 bits per heavy atom. The van der Waals surface area contributed by atoms with E-state index in [4.69, 9.17) is 4.74 Å². The molecule has 1 aliphatic carbocycles. The van der Waals surface area contributed by atoms with Gasteiger partial charge in [0.15, 0.2) is 0 Å². The van der Waals surface area contributed by atoms with Gasteiger partial charge in [-0.2, -0.15) is 9.78 Å². The minimum absolute atomic E-state index is 0.0109. The number of carbonyl (C=O) groups excluding carboxylic acids is 1. The highest BCUT2D eigenvalue weighted by Crippen LogP contribution is 2.19. The van der Waals surface area contributed by atoms with Gasteiger partial charge in [-0.25, -0.2) is 9.18 Å². The Balaban J connectivity index is 1.84. The standard InChI is InChI=1S/C21H19FN4O4/c1-30-17-9-7-16(8-10-17)26-21(29)25(12-13-3-2-4-14(22)11-13)20(28)18(24-26)19(27)23-15-5-6-15/h2-4,7-11,15H,5-6,12H2,1H3,(H,23,27). The van der Waals surface area contributed by atoms with Gasteiger partial charge in [0.1, 0.15) is 11.6 Å². The molecule has 1 heterocycles. The van der Waals surface area contributed by atoms with E-state index in [1.807, 2.05) is 0 Å². The van der Waals surface area contributed by atoms with Crippen molar-refractivity contribution in [3.8, 4) is 11.4 Å². The fraction of sp³-hybridized carbons (Fsp3) is 0.238. The van der Waals surface area contributed by atoms with Crippen LogP contribution in [0.4, 0.5) is 4.39 Å². The van der Waals surface area contributed by atoms with E-state index in [1.165, 1.54) is 25.3 Å². The molecule has 1 aromatic heterocycles. The normalized spacial score (nSPS) is 13.1. The SMILES string of the molecule is COc1ccc(-n2nc(C(=O)NC3CC3)c(=O)n(Cc3cccc(F)c3)c2=O)cc1. The molecule has 1 amide bonds. The van der Waals surface area contributed by atoms with Gasteiger partial charge in [0.05, 0.1) is 19.3 Å². The van der Waals surface area contributed by atoms with Gasteiger partial charge in [0.25, 0.3) is 11.5 Å². The maximum atomic E-state index is 13.6. The Hall–Kier alpha value is -3.75. The molecule has 0 unspecified atom stereocenters. The first-order valence-electron chi connectivity index (χ1n) is 9.40. The van der Waals surface area contributed by atoms with E-state index >= 15 is 0 Å². The summed E-state index contributed by atoms with van der Waals surface area (Å²) in [5, 5.41) is 6.76. The smallest absolute Gasteiger partial charge is 0.352 e. The number of methoxy groups -OCH3 is 1. The highest BCUT2D eigenvalue weighted by atomic mass is 19.1. The van der Waals surface area contributed by atoms with Crippen LogP contribution in [0.1, 0.15) is 28.9 Å². The predicted octanol–water partition coefficient (Wildman–Crippen LogP) is 1.48. The molecule has 1 aliphatic rings. The van der Waals surface area contributed by atoms with Gasteiger partial charge >= 0.3 is 5.69 Å². The third-order valence-electron chi connectivity index (χ3n) is 4.73. The number of hydrogen-bond acceptors (Lipinski definition) is 5. The molecule has 0 aliphatic heterocycles. The number of nitrogens with one attached hydrogen (secondary N) is 1. The minimum Gasteiger partial charge on any atom is -0.497 e. The van der Waals surface area contributed by atoms with Crippen molar-refractivity contribution in [3.63, 3.8) is 0 Å². The lowest BCUT2D eigenvalue weighted by Crippen LogP contribution is -2.46. The summed E-state index contributed by atoms with van der Waals surface area (Å²) in [7, 11) is 1.51. The van der Waals surface area contributed by atoms with Crippen molar-refractivity contribution in [1.29, 1.82) is 0 Å². The summed E-state index contributed by atoms with van der Waals surface area (Å²) in [6.45, 7) is -0.197. The average Bonchev–Trinajstić information content (AvgIpc) is 3.55. The molecule has 0 radical (unpaired) electrons. The Morgan fingerprint density at radius 1 is 1.20 bits per heavy atom. The van der Waals surface area contributed by atoms with E-state index < -0.39 is 28.7 Å². The van der Waals surface area contributed by atoms with Crippen LogP contribution in [0.2, 0.25) is 0 Å². The maximum Gasteiger partial charge on any atom is 0.352 e. The Morgan fingerprint density at radius 2 is 1.93 bits per heavy atom. The molecule has 0 bridgehead atoms. The third-order valence-corrected chi connectivity index (χ3v) is 4.73. The number of carbonyl (C=O) groups is 1. The first kappa shape index (κ1) is 19.6. The second-order valence-electron chi connectivity index (χ2n) is 7.01. The van der Waals surface area contributed by atoms with E-state index in [1.54, 1.807) is 30.3 Å². The molecule has 30 heavy (non-hydrogen) atoms. The number of ether oxygens (including phenoxy) is 1. The van der Waals surface area contributed by atoms with Crippen LogP contribution in [0, 0.1) is 5.82 Å². The molecule has 9 heteroatoms. The molecule has 4 rings (SSSR count). The van der Waals surface area contributed by atoms with Crippen LogP contribution in [0.15, 0.2) is 58.1 Å². The first-order chi connectivity index (χ1) is 14.5. The summed E-state index contributed by atoms with van der Waals surface area (Å²) in [6, 6.07) is 12.0. The quantitative estimate of drug-likeness (QED) is 0.664. The van der Waals surface area contributed by atoms with Crippen LogP contribution in [0.5, 0.6) is 5.75 Å². The van der Waals surface area contributed by atoms with Crippen molar-refractivity contribution < 1.29 is 13.9 Å². The van der Waals surface area contributed by atoms with Crippen LogP contribution < -0.4 is 21.3 Å². The maximum absolute atomic E-state index is 13.6. The summed E-state index contributed by atoms with van der Waals surface area (Å²) >= 11 is 0. The first-order valence-corrected chi connectivity index (χ1v) is 9.40. The molecule has 1 fully saturated rings. The fourth-order valence-corrected chi connectivity index (χ4v) is 2.99. The minimum atomic E-state index is -0.827. The van der Waals surface area contributed by atoms with Gasteiger partial charge in [0, 0.05) is 6.04 Å². The average molecular weight is 410 g/mol. The van der Waals surface area contributed by atoms with Gasteiger partial charge in [-0.15, -0.1) is 0 Å². The largest absolute Gasteiger partial charge is 0.497 e. The summed E-state index contributed by atoms with van der Waals surface area (Å²) in [4.78, 5) is 38.6. The lowest BCUT2D eigenvalue weighted by Gasteiger charge is -2.12. The van der Waals surface area contributed by atoms with Crippen LogP contribution >= 0.6 is 0 Å². The Bertz CT molecular complexity index is 1210. The van der Waals surface area contributed by atoms with Crippen LogP contribution in [0.25, 0.3) is 5.69 Å². The van der Waals surface area contributed by atoms with E-state index in [0.717, 1.165) is 22.1 Å². The zero-order valence-corrected chi connectivity index (χ0v) is 16.2. The number of halogens is 1. The van der Waals surface area contributed by atoms with Crippen molar-refractivity contribution in [2.75, 3.05) is 7.11 Å². The molecule has 2 aromatic carbocycles. The van der Waals surface area contributed by atoms with E-state index in [-0.39, 0.29) is 12.6 Å². The second-order valence-corrected chi connectivity index (χ2v) is 7.01. The monoisotopic (exact) mass is 410 g/mol. The number of rotatable bonds is 6. The molecular weight excluding hydrogens is 391 g/mol. The molecule has 154 valence electrons. The molecule has 0 atom stereocenters. The van der Waals surface area contributed by atoms with Crippen LogP contribution in [0.3, 0.4) is 0 Å². The number of aromatic nitrogens is 3. The van der Waals surface area contributed by atoms with Crippen molar-refractivity contribution in [2.24, 2.45) is 0 Å². The highest BCUT2D eigenvalue weighted by molar-refractivity contribution is 5.92. The lowest BCUT2D eigenvalue weighted by molar-refractivity contribution is 0.0941. The molecule has 0 spiro atoms. The molecule has 1 saturated carbocycles. The molecule has 3 aromatic rings. The predicted molar refractivity (Wildman–Crippen MR) is 107 cm³/mol. The molecule has 0 saturated heterocycles. The van der Waals surface area contributed by atoms with E-state index in [9.17, 15) is 18.8 Å². The topological polar surface area (TPSA) is 95.2 Å². The van der Waals surface area contributed by atoms with Crippen LogP contribution in [-0.4, -0.2) is 33.4 Å². The van der Waals surface area contributed by atoms with Gasteiger partial charge in [0.2, 0.25) is 5.69 Å². The lowest BCUT2D eigenvalue weighted by atomic mass is 10.2. The zero-order chi connectivity index (χ0) is 21.3. The van der Waals surface area contributed by atoms with Crippen molar-refractivity contribution in [3.05, 3.63) is 86.4 Å². The second kappa shape index (κ2) is 7.94. The molecular formula is C21H19FN4O4. The number of nitrogens with zero attached hydrogens (tertiary/aromatic N) is 3. The van der Waals surface area contributed by atoms with Crippen molar-refractivity contribution in [2.45, 2.75) is 25.4 Å². The Labute approximate surface area is 170 Å². The number of hydrogen-bond donors (Lipinski definition) is 1. The molecule has 8 nitrogen and oxygen atoms in total. The van der Waals surface area contributed by atoms with Crippen molar-refractivity contribution >= 4 is 5.91 Å². The Kier molecular flexibility index (Phi) is 5.18. The summed E-state index contributed by atoms with van der Waals surface area (Å²) in [5.74, 6) is -0.555. The summed E-state index contributed by atoms with van der Waals surface area (Å²) in [6.07, 6.45) is 1.67. The zero-order valence-electron chi connectivity index (χ0n) is 16.2.